The molecule has 9 nitrogen and oxygen atoms in total. The highest BCUT2D eigenvalue weighted by Crippen LogP contribution is 2.38. The Balaban J connectivity index is 1.35. The molecule has 0 spiro atoms. The van der Waals surface area contributed by atoms with E-state index in [0.29, 0.717) is 36.1 Å². The van der Waals surface area contributed by atoms with E-state index in [2.05, 4.69) is 20.0 Å². The molecule has 0 radical (unpaired) electrons. The maximum Gasteiger partial charge on any atom is 0.439 e. The van der Waals surface area contributed by atoms with Crippen LogP contribution < -0.4 is 16.8 Å². The van der Waals surface area contributed by atoms with Gasteiger partial charge in [-0.2, -0.15) is 0 Å². The van der Waals surface area contributed by atoms with Crippen molar-refractivity contribution < 1.29 is 14.1 Å². The summed E-state index contributed by atoms with van der Waals surface area (Å²) >= 11 is 0. The van der Waals surface area contributed by atoms with Gasteiger partial charge < -0.3 is 16.0 Å². The molecule has 1 saturated heterocycles. The molecule has 5 rings (SSSR count). The first-order valence-corrected chi connectivity index (χ1v) is 12.6. The molecular formula is C27H31N5O4. The van der Waals surface area contributed by atoms with Crippen LogP contribution in [-0.2, 0) is 9.59 Å². The summed E-state index contributed by atoms with van der Waals surface area (Å²) < 4.78 is 4.56. The second-order valence-electron chi connectivity index (χ2n) is 9.75. The Kier molecular flexibility index (Phi) is 6.99. The Bertz CT molecular complexity index is 1240. The van der Waals surface area contributed by atoms with Crippen molar-refractivity contribution in [2.24, 2.45) is 17.6 Å². The number of aromatic nitrogens is 2. The molecule has 36 heavy (non-hydrogen) atoms. The van der Waals surface area contributed by atoms with Gasteiger partial charge >= 0.3 is 5.76 Å². The molecule has 2 amide bonds. The maximum absolute atomic E-state index is 13.7. The minimum atomic E-state index is -0.628. The fourth-order valence-electron chi connectivity index (χ4n) is 5.57. The van der Waals surface area contributed by atoms with Gasteiger partial charge in [-0.25, -0.2) is 4.79 Å². The van der Waals surface area contributed by atoms with Crippen LogP contribution >= 0.6 is 0 Å². The second-order valence-corrected chi connectivity index (χ2v) is 9.75. The van der Waals surface area contributed by atoms with Crippen molar-refractivity contribution in [3.05, 3.63) is 70.7 Å². The summed E-state index contributed by atoms with van der Waals surface area (Å²) in [6.45, 7) is 1.23. The van der Waals surface area contributed by atoms with Crippen LogP contribution in [0.25, 0.3) is 11.4 Å². The zero-order valence-electron chi connectivity index (χ0n) is 20.1. The van der Waals surface area contributed by atoms with Crippen LogP contribution in [0.1, 0.15) is 43.6 Å². The van der Waals surface area contributed by atoms with E-state index in [-0.39, 0.29) is 23.7 Å². The van der Waals surface area contributed by atoms with E-state index in [0.717, 1.165) is 37.7 Å². The van der Waals surface area contributed by atoms with Crippen LogP contribution in [0.5, 0.6) is 0 Å². The number of anilines is 1. The minimum Gasteiger partial charge on any atom is -0.330 e. The summed E-state index contributed by atoms with van der Waals surface area (Å²) in [6, 6.07) is 16.3. The lowest BCUT2D eigenvalue weighted by atomic mass is 9.81. The number of likely N-dealkylation sites (tertiary alicyclic amines) is 1. The summed E-state index contributed by atoms with van der Waals surface area (Å²) in [4.78, 5) is 42.8. The molecule has 2 unspecified atom stereocenters. The van der Waals surface area contributed by atoms with Gasteiger partial charge in [0.1, 0.15) is 6.04 Å². The third-order valence-corrected chi connectivity index (χ3v) is 7.57. The number of rotatable bonds is 6. The molecule has 2 atom stereocenters. The molecule has 2 aliphatic rings. The van der Waals surface area contributed by atoms with Gasteiger partial charge in [-0.3, -0.25) is 19.1 Å². The van der Waals surface area contributed by atoms with E-state index in [1.54, 1.807) is 29.2 Å². The molecule has 3 aromatic rings. The molecule has 0 bridgehead atoms. The lowest BCUT2D eigenvalue weighted by Gasteiger charge is -2.33. The summed E-state index contributed by atoms with van der Waals surface area (Å²) in [5, 5.41) is 6.69. The molecule has 188 valence electrons. The minimum absolute atomic E-state index is 0.0541. The molecule has 9 heteroatoms. The largest absolute Gasteiger partial charge is 0.439 e. The van der Waals surface area contributed by atoms with Gasteiger partial charge in [0.15, 0.2) is 5.82 Å². The first kappa shape index (κ1) is 24.0. The van der Waals surface area contributed by atoms with E-state index in [4.69, 9.17) is 5.73 Å². The number of nitrogens with one attached hydrogen (secondary N) is 2. The number of nitrogens with zero attached hydrogens (tertiary/aromatic N) is 2. The zero-order chi connectivity index (χ0) is 25.1. The Hall–Kier alpha value is -3.72. The molecule has 2 fully saturated rings. The smallest absolute Gasteiger partial charge is 0.330 e. The monoisotopic (exact) mass is 489 g/mol. The van der Waals surface area contributed by atoms with Crippen molar-refractivity contribution in [1.29, 1.82) is 0 Å². The lowest BCUT2D eigenvalue weighted by molar-refractivity contribution is -0.141. The average molecular weight is 490 g/mol. The Morgan fingerprint density at radius 3 is 2.39 bits per heavy atom. The number of nitrogens with two attached hydrogens (primary N) is 1. The van der Waals surface area contributed by atoms with Gasteiger partial charge in [0, 0.05) is 29.6 Å². The van der Waals surface area contributed by atoms with Crippen molar-refractivity contribution in [2.75, 3.05) is 18.4 Å². The number of hydrogen-bond acceptors (Lipinski definition) is 6. The van der Waals surface area contributed by atoms with Gasteiger partial charge in [0.25, 0.3) is 0 Å². The van der Waals surface area contributed by atoms with Gasteiger partial charge in [-0.15, -0.1) is 0 Å². The number of carbonyl (C=O) groups excluding carboxylic acids is 2. The first-order valence-electron chi connectivity index (χ1n) is 12.6. The Morgan fingerprint density at radius 1 is 1.03 bits per heavy atom. The third-order valence-electron chi connectivity index (χ3n) is 7.57. The molecule has 1 aliphatic carbocycles. The molecule has 4 N–H and O–H groups in total. The van der Waals surface area contributed by atoms with Crippen LogP contribution in [0.15, 0.2) is 63.9 Å². The van der Waals surface area contributed by atoms with Crippen molar-refractivity contribution in [3.63, 3.8) is 0 Å². The van der Waals surface area contributed by atoms with E-state index >= 15 is 0 Å². The van der Waals surface area contributed by atoms with Crippen molar-refractivity contribution in [1.82, 2.24) is 15.0 Å². The van der Waals surface area contributed by atoms with Gasteiger partial charge in [0.05, 0.1) is 0 Å². The first-order chi connectivity index (χ1) is 17.5. The molecule has 1 aromatic heterocycles. The molecule has 1 aliphatic heterocycles. The lowest BCUT2D eigenvalue weighted by Crippen LogP contribution is -2.48. The van der Waals surface area contributed by atoms with E-state index in [9.17, 15) is 14.4 Å². The maximum atomic E-state index is 13.7. The highest BCUT2D eigenvalue weighted by Gasteiger charge is 2.44. The van der Waals surface area contributed by atoms with Gasteiger partial charge in [0.2, 0.25) is 11.8 Å². The fourth-order valence-corrected chi connectivity index (χ4v) is 5.57. The molecule has 2 heterocycles. The van der Waals surface area contributed by atoms with Crippen LogP contribution in [0.4, 0.5) is 5.69 Å². The topological polar surface area (TPSA) is 134 Å². The average Bonchev–Trinajstić information content (AvgIpc) is 3.56. The second kappa shape index (κ2) is 10.5. The van der Waals surface area contributed by atoms with E-state index in [1.165, 1.54) is 0 Å². The molecular weight excluding hydrogens is 458 g/mol. The predicted octanol–water partition coefficient (Wildman–Crippen LogP) is 3.12. The predicted molar refractivity (Wildman–Crippen MR) is 135 cm³/mol. The number of aromatic amines is 1. The summed E-state index contributed by atoms with van der Waals surface area (Å²) in [6.07, 6.45) is 4.32. The number of benzene rings is 2. The van der Waals surface area contributed by atoms with Crippen LogP contribution in [-0.4, -0.2) is 46.0 Å². The van der Waals surface area contributed by atoms with E-state index in [1.807, 2.05) is 30.3 Å². The number of hydrogen-bond donors (Lipinski definition) is 3. The zero-order valence-corrected chi connectivity index (χ0v) is 20.1. The van der Waals surface area contributed by atoms with Crippen molar-refractivity contribution in [3.8, 4) is 11.4 Å². The van der Waals surface area contributed by atoms with Crippen LogP contribution in [0.2, 0.25) is 0 Å². The van der Waals surface area contributed by atoms with Crippen LogP contribution in [0.3, 0.4) is 0 Å². The SMILES string of the molecule is NCC1CCC(C(=O)N2CCC(c3ccccc3)C2C(=O)Nc2ccc(-c3noc(=O)[nH]3)cc2)CC1. The number of amides is 2. The van der Waals surface area contributed by atoms with Crippen molar-refractivity contribution >= 4 is 17.5 Å². The van der Waals surface area contributed by atoms with Crippen molar-refractivity contribution in [2.45, 2.75) is 44.1 Å². The quantitative estimate of drug-likeness (QED) is 0.487. The van der Waals surface area contributed by atoms with E-state index < -0.39 is 11.8 Å². The van der Waals surface area contributed by atoms with Gasteiger partial charge in [-0.1, -0.05) is 35.5 Å². The Morgan fingerprint density at radius 2 is 1.75 bits per heavy atom. The Labute approximate surface area is 209 Å². The molecule has 1 saturated carbocycles. The highest BCUT2D eigenvalue weighted by atomic mass is 16.5. The standard InChI is InChI=1S/C27H31N5O4/c28-16-17-6-8-20(9-7-17)26(34)32-15-14-22(18-4-2-1-3-5-18)23(32)25(33)29-21-12-10-19(11-13-21)24-30-27(35)36-31-24/h1-5,10-13,17,20,22-23H,6-9,14-16,28H2,(H,29,33)(H,30,31,35). The summed E-state index contributed by atoms with van der Waals surface area (Å²) in [7, 11) is 0. The normalized spacial score (nSPS) is 24.0. The fraction of sp³-hybridized carbons (Fsp3) is 0.407. The highest BCUT2D eigenvalue weighted by molar-refractivity contribution is 5.98. The van der Waals surface area contributed by atoms with Crippen LogP contribution in [0, 0.1) is 11.8 Å². The molecule has 2 aromatic carbocycles. The summed E-state index contributed by atoms with van der Waals surface area (Å²) in [5.74, 6) is -0.0727. The third kappa shape index (κ3) is 4.97. The number of carbonyl (C=O) groups is 2. The number of H-pyrrole nitrogens is 1. The van der Waals surface area contributed by atoms with Gasteiger partial charge in [-0.05, 0) is 74.4 Å². The summed E-state index contributed by atoms with van der Waals surface area (Å²) in [5.41, 5.74) is 8.16.